The van der Waals surface area contributed by atoms with Crippen LogP contribution in [0, 0.1) is 5.41 Å². The molecule has 1 N–H and O–H groups in total. The molecule has 2 aliphatic rings. The van der Waals surface area contributed by atoms with E-state index in [-0.39, 0.29) is 22.8 Å². The summed E-state index contributed by atoms with van der Waals surface area (Å²) in [5, 5.41) is 3.31. The zero-order chi connectivity index (χ0) is 13.9. The first-order chi connectivity index (χ1) is 8.99. The summed E-state index contributed by atoms with van der Waals surface area (Å²) in [6.07, 6.45) is 3.33. The maximum absolute atomic E-state index is 12.8. The Morgan fingerprint density at radius 2 is 2.05 bits per heavy atom. The second kappa shape index (κ2) is 5.79. The molecule has 2 saturated heterocycles. The number of amides is 1. The van der Waals surface area contributed by atoms with E-state index in [0.717, 1.165) is 32.4 Å². The van der Waals surface area contributed by atoms with Gasteiger partial charge in [-0.1, -0.05) is 6.92 Å². The maximum Gasteiger partial charge on any atom is 0.230 e. The van der Waals surface area contributed by atoms with Crippen LogP contribution in [0.1, 0.15) is 32.6 Å². The summed E-state index contributed by atoms with van der Waals surface area (Å²) in [5.74, 6) is 0.486. The SMILES string of the molecule is CCC1(C(=O)N2CCCS(=O)(=O)CC2)CCCNC1. The van der Waals surface area contributed by atoms with Crippen molar-refractivity contribution in [2.45, 2.75) is 32.6 Å². The standard InChI is InChI=1S/C13H24N2O3S/c1-2-13(5-3-6-14-11-13)12(16)15-7-4-9-19(17,18)10-8-15/h14H,2-11H2,1H3. The van der Waals surface area contributed by atoms with Crippen molar-refractivity contribution < 1.29 is 13.2 Å². The van der Waals surface area contributed by atoms with Gasteiger partial charge in [-0.25, -0.2) is 8.42 Å². The highest BCUT2D eigenvalue weighted by Gasteiger charge is 2.41. The average molecular weight is 288 g/mol. The van der Waals surface area contributed by atoms with Gasteiger partial charge in [0, 0.05) is 19.6 Å². The van der Waals surface area contributed by atoms with Gasteiger partial charge in [-0.15, -0.1) is 0 Å². The van der Waals surface area contributed by atoms with Gasteiger partial charge in [0.25, 0.3) is 0 Å². The number of sulfone groups is 1. The third-order valence-electron chi connectivity index (χ3n) is 4.45. The molecule has 110 valence electrons. The molecule has 1 amide bonds. The summed E-state index contributed by atoms with van der Waals surface area (Å²) < 4.78 is 23.2. The van der Waals surface area contributed by atoms with Crippen LogP contribution in [0.5, 0.6) is 0 Å². The highest BCUT2D eigenvalue weighted by Crippen LogP contribution is 2.32. The molecule has 0 aliphatic carbocycles. The average Bonchev–Trinajstić information content (AvgIpc) is 2.59. The van der Waals surface area contributed by atoms with Gasteiger partial charge in [-0.2, -0.15) is 0 Å². The lowest BCUT2D eigenvalue weighted by atomic mass is 9.77. The number of carbonyl (C=O) groups excluding carboxylic acids is 1. The summed E-state index contributed by atoms with van der Waals surface area (Å²) >= 11 is 0. The number of hydrogen-bond acceptors (Lipinski definition) is 4. The number of nitrogens with zero attached hydrogens (tertiary/aromatic N) is 1. The van der Waals surface area contributed by atoms with Crippen molar-refractivity contribution in [3.05, 3.63) is 0 Å². The number of rotatable bonds is 2. The van der Waals surface area contributed by atoms with Crippen molar-refractivity contribution >= 4 is 15.7 Å². The van der Waals surface area contributed by atoms with E-state index in [0.29, 0.717) is 19.5 Å². The topological polar surface area (TPSA) is 66.5 Å². The zero-order valence-corrected chi connectivity index (χ0v) is 12.5. The zero-order valence-electron chi connectivity index (χ0n) is 11.7. The van der Waals surface area contributed by atoms with Gasteiger partial charge in [-0.3, -0.25) is 4.79 Å². The molecular formula is C13H24N2O3S. The van der Waals surface area contributed by atoms with E-state index in [1.54, 1.807) is 4.90 Å². The van der Waals surface area contributed by atoms with Crippen LogP contribution >= 0.6 is 0 Å². The van der Waals surface area contributed by atoms with Crippen LogP contribution in [0.15, 0.2) is 0 Å². The third kappa shape index (κ3) is 3.28. The molecule has 2 rings (SSSR count). The number of piperidine rings is 1. The molecule has 2 fully saturated rings. The molecule has 0 radical (unpaired) electrons. The minimum Gasteiger partial charge on any atom is -0.341 e. The predicted molar refractivity (Wildman–Crippen MR) is 74.7 cm³/mol. The Kier molecular flexibility index (Phi) is 4.50. The van der Waals surface area contributed by atoms with Crippen LogP contribution < -0.4 is 5.32 Å². The number of hydrogen-bond donors (Lipinski definition) is 1. The summed E-state index contributed by atoms with van der Waals surface area (Å²) in [6.45, 7) is 4.71. The first-order valence-corrected chi connectivity index (χ1v) is 9.02. The van der Waals surface area contributed by atoms with Crippen LogP contribution in [-0.4, -0.2) is 56.9 Å². The van der Waals surface area contributed by atoms with Crippen molar-refractivity contribution in [2.75, 3.05) is 37.7 Å². The summed E-state index contributed by atoms with van der Waals surface area (Å²) in [4.78, 5) is 14.5. The molecule has 1 unspecified atom stereocenters. The maximum atomic E-state index is 12.8. The van der Waals surface area contributed by atoms with Crippen LogP contribution in [0.3, 0.4) is 0 Å². The van der Waals surface area contributed by atoms with E-state index in [4.69, 9.17) is 0 Å². The van der Waals surface area contributed by atoms with Crippen molar-refractivity contribution in [3.8, 4) is 0 Å². The molecule has 0 saturated carbocycles. The lowest BCUT2D eigenvalue weighted by Gasteiger charge is -2.39. The fourth-order valence-electron chi connectivity index (χ4n) is 3.08. The molecule has 0 aromatic rings. The Morgan fingerprint density at radius 1 is 1.26 bits per heavy atom. The third-order valence-corrected chi connectivity index (χ3v) is 6.16. The quantitative estimate of drug-likeness (QED) is 0.799. The van der Waals surface area contributed by atoms with E-state index in [2.05, 4.69) is 12.2 Å². The summed E-state index contributed by atoms with van der Waals surface area (Å²) in [5.41, 5.74) is -0.313. The number of nitrogens with one attached hydrogen (secondary N) is 1. The molecule has 0 spiro atoms. The molecule has 19 heavy (non-hydrogen) atoms. The van der Waals surface area contributed by atoms with Gasteiger partial charge < -0.3 is 10.2 Å². The van der Waals surface area contributed by atoms with E-state index in [9.17, 15) is 13.2 Å². The Hall–Kier alpha value is -0.620. The van der Waals surface area contributed by atoms with Gasteiger partial charge in [0.1, 0.15) is 0 Å². The minimum absolute atomic E-state index is 0.117. The Labute approximate surface area is 115 Å². The molecule has 1 atom stereocenters. The normalized spacial score (nSPS) is 31.7. The molecule has 2 aliphatic heterocycles. The second-order valence-electron chi connectivity index (χ2n) is 5.71. The van der Waals surface area contributed by atoms with Gasteiger partial charge in [0.05, 0.1) is 16.9 Å². The van der Waals surface area contributed by atoms with Gasteiger partial charge >= 0.3 is 0 Å². The minimum atomic E-state index is -2.95. The lowest BCUT2D eigenvalue weighted by molar-refractivity contribution is -0.143. The second-order valence-corrected chi connectivity index (χ2v) is 8.02. The molecule has 6 heteroatoms. The lowest BCUT2D eigenvalue weighted by Crippen LogP contribution is -2.52. The van der Waals surface area contributed by atoms with E-state index in [1.165, 1.54) is 0 Å². The predicted octanol–water partition coefficient (Wildman–Crippen LogP) is 0.413. The molecule has 5 nitrogen and oxygen atoms in total. The largest absolute Gasteiger partial charge is 0.341 e. The molecule has 0 aromatic heterocycles. The van der Waals surface area contributed by atoms with Gasteiger partial charge in [0.2, 0.25) is 5.91 Å². The molecule has 2 heterocycles. The van der Waals surface area contributed by atoms with Crippen molar-refractivity contribution in [2.24, 2.45) is 5.41 Å². The van der Waals surface area contributed by atoms with Crippen molar-refractivity contribution in [1.82, 2.24) is 10.2 Å². The first-order valence-electron chi connectivity index (χ1n) is 7.20. The Balaban J connectivity index is 2.09. The van der Waals surface area contributed by atoms with Crippen LogP contribution in [0.2, 0.25) is 0 Å². The molecule has 0 aromatic carbocycles. The van der Waals surface area contributed by atoms with E-state index < -0.39 is 9.84 Å². The fourth-order valence-corrected chi connectivity index (χ4v) is 4.35. The Bertz CT molecular complexity index is 427. The Morgan fingerprint density at radius 3 is 2.68 bits per heavy atom. The first kappa shape index (κ1) is 14.8. The van der Waals surface area contributed by atoms with Crippen LogP contribution in [0.4, 0.5) is 0 Å². The summed E-state index contributed by atoms with van der Waals surface area (Å²) in [6, 6.07) is 0. The highest BCUT2D eigenvalue weighted by molar-refractivity contribution is 7.91. The monoisotopic (exact) mass is 288 g/mol. The van der Waals surface area contributed by atoms with E-state index in [1.807, 2.05) is 0 Å². The van der Waals surface area contributed by atoms with Gasteiger partial charge in [0.15, 0.2) is 9.84 Å². The van der Waals surface area contributed by atoms with E-state index >= 15 is 0 Å². The summed E-state index contributed by atoms with van der Waals surface area (Å²) in [7, 11) is -2.95. The molecular weight excluding hydrogens is 264 g/mol. The van der Waals surface area contributed by atoms with Crippen molar-refractivity contribution in [1.29, 1.82) is 0 Å². The highest BCUT2D eigenvalue weighted by atomic mass is 32.2. The molecule has 0 bridgehead atoms. The van der Waals surface area contributed by atoms with Crippen LogP contribution in [-0.2, 0) is 14.6 Å². The van der Waals surface area contributed by atoms with Gasteiger partial charge in [-0.05, 0) is 32.2 Å². The number of carbonyl (C=O) groups is 1. The van der Waals surface area contributed by atoms with Crippen molar-refractivity contribution in [3.63, 3.8) is 0 Å². The smallest absolute Gasteiger partial charge is 0.230 e. The fraction of sp³-hybridized carbons (Fsp3) is 0.923. The van der Waals surface area contributed by atoms with Crippen LogP contribution in [0.25, 0.3) is 0 Å².